The third-order valence-corrected chi connectivity index (χ3v) is 9.04. The minimum absolute atomic E-state index is 0.0246. The Balaban J connectivity index is 1.28. The van der Waals surface area contributed by atoms with Crippen LogP contribution in [0.15, 0.2) is 71.6 Å². The molecule has 13 heteroatoms. The molecule has 1 fully saturated rings. The van der Waals surface area contributed by atoms with Crippen LogP contribution in [0, 0.1) is 0 Å². The molecule has 0 saturated carbocycles. The van der Waals surface area contributed by atoms with E-state index in [-0.39, 0.29) is 35.5 Å². The Kier molecular flexibility index (Phi) is 6.46. The van der Waals surface area contributed by atoms with Gasteiger partial charge in [-0.05, 0) is 42.0 Å². The maximum atomic E-state index is 13.9. The highest BCUT2D eigenvalue weighted by atomic mass is 35.5. The Labute approximate surface area is 239 Å². The number of carbonyl (C=O) groups excluding carboxylic acids is 4. The Morgan fingerprint density at radius 3 is 2.63 bits per heavy atom. The lowest BCUT2D eigenvalue weighted by Gasteiger charge is -2.35. The number of carbonyl (C=O) groups is 4. The molecule has 0 radical (unpaired) electrons. The summed E-state index contributed by atoms with van der Waals surface area (Å²) in [5.74, 6) is -1.85. The van der Waals surface area contributed by atoms with Gasteiger partial charge in [-0.3, -0.25) is 19.7 Å². The van der Waals surface area contributed by atoms with E-state index in [9.17, 15) is 27.6 Å². The smallest absolute Gasteiger partial charge is 0.412 e. The highest BCUT2D eigenvalue weighted by molar-refractivity contribution is 7.90. The van der Waals surface area contributed by atoms with E-state index in [1.165, 1.54) is 17.0 Å². The van der Waals surface area contributed by atoms with Gasteiger partial charge in [0, 0.05) is 35.5 Å². The number of amides is 4. The Bertz CT molecular complexity index is 1730. The fourth-order valence-corrected chi connectivity index (χ4v) is 6.83. The Morgan fingerprint density at radius 2 is 1.85 bits per heavy atom. The molecule has 0 aliphatic carbocycles. The molecule has 1 saturated heterocycles. The molecule has 3 aliphatic rings. The molecule has 4 amide bonds. The van der Waals surface area contributed by atoms with Crippen LogP contribution in [0.5, 0.6) is 0 Å². The molecule has 3 N–H and O–H groups in total. The summed E-state index contributed by atoms with van der Waals surface area (Å²) in [6.45, 7) is 0.308. The van der Waals surface area contributed by atoms with Crippen LogP contribution in [0.1, 0.15) is 38.3 Å². The van der Waals surface area contributed by atoms with Gasteiger partial charge >= 0.3 is 6.09 Å². The average Bonchev–Trinajstić information content (AvgIpc) is 3.46. The van der Waals surface area contributed by atoms with Crippen molar-refractivity contribution in [2.24, 2.45) is 0 Å². The highest BCUT2D eigenvalue weighted by Gasteiger charge is 2.49. The van der Waals surface area contributed by atoms with Gasteiger partial charge in [-0.1, -0.05) is 41.9 Å². The van der Waals surface area contributed by atoms with Gasteiger partial charge < -0.3 is 15.0 Å². The van der Waals surface area contributed by atoms with E-state index < -0.39 is 45.5 Å². The summed E-state index contributed by atoms with van der Waals surface area (Å²) >= 11 is 6.23. The van der Waals surface area contributed by atoms with Crippen molar-refractivity contribution in [1.29, 1.82) is 0 Å². The number of nitrogens with one attached hydrogen (secondary N) is 3. The van der Waals surface area contributed by atoms with Crippen molar-refractivity contribution in [2.75, 3.05) is 18.4 Å². The van der Waals surface area contributed by atoms with Crippen LogP contribution in [-0.2, 0) is 31.6 Å². The van der Waals surface area contributed by atoms with Crippen molar-refractivity contribution in [1.82, 2.24) is 14.9 Å². The van der Waals surface area contributed by atoms with Gasteiger partial charge in [-0.2, -0.15) is 0 Å². The monoisotopic (exact) mass is 594 g/mol. The van der Waals surface area contributed by atoms with Gasteiger partial charge in [0.25, 0.3) is 21.8 Å². The fourth-order valence-electron chi connectivity index (χ4n) is 5.46. The zero-order valence-corrected chi connectivity index (χ0v) is 22.9. The first-order chi connectivity index (χ1) is 19.5. The number of fused-ring (bicyclic) bond motifs is 3. The minimum Gasteiger partial charge on any atom is -0.436 e. The van der Waals surface area contributed by atoms with Crippen LogP contribution >= 0.6 is 11.6 Å². The summed E-state index contributed by atoms with van der Waals surface area (Å²) < 4.78 is 32.2. The molecule has 3 aromatic rings. The van der Waals surface area contributed by atoms with E-state index in [1.807, 2.05) is 35.1 Å². The third kappa shape index (κ3) is 4.89. The van der Waals surface area contributed by atoms with Gasteiger partial charge in [0.05, 0.1) is 17.8 Å². The zero-order chi connectivity index (χ0) is 28.9. The number of sulfonamides is 1. The molecule has 0 bridgehead atoms. The highest BCUT2D eigenvalue weighted by Crippen LogP contribution is 2.44. The van der Waals surface area contributed by atoms with E-state index in [1.54, 1.807) is 18.2 Å². The summed E-state index contributed by atoms with van der Waals surface area (Å²) in [6.07, 6.45) is -0.153. The predicted octanol–water partition coefficient (Wildman–Crippen LogP) is 2.80. The normalized spacial score (nSPS) is 20.9. The predicted molar refractivity (Wildman–Crippen MR) is 147 cm³/mol. The molecule has 6 rings (SSSR count). The second-order valence-corrected chi connectivity index (χ2v) is 12.2. The van der Waals surface area contributed by atoms with E-state index >= 15 is 0 Å². The summed E-state index contributed by atoms with van der Waals surface area (Å²) in [6, 6.07) is 16.8. The largest absolute Gasteiger partial charge is 0.436 e. The van der Waals surface area contributed by atoms with Crippen LogP contribution in [0.3, 0.4) is 0 Å². The second kappa shape index (κ2) is 9.89. The number of hydrogen-bond donors (Lipinski definition) is 3. The summed E-state index contributed by atoms with van der Waals surface area (Å²) in [7, 11) is -4.08. The van der Waals surface area contributed by atoms with Crippen molar-refractivity contribution in [2.45, 2.75) is 29.4 Å². The van der Waals surface area contributed by atoms with Gasteiger partial charge in [0.1, 0.15) is 10.9 Å². The third-order valence-electron chi connectivity index (χ3n) is 7.43. The number of rotatable bonds is 5. The van der Waals surface area contributed by atoms with Crippen molar-refractivity contribution in [3.63, 3.8) is 0 Å². The first-order valence-electron chi connectivity index (χ1n) is 12.7. The number of halogens is 1. The number of ether oxygens (including phenoxy) is 1. The van der Waals surface area contributed by atoms with Crippen LogP contribution in [0.2, 0.25) is 5.02 Å². The summed E-state index contributed by atoms with van der Waals surface area (Å²) in [5, 5.41) is 5.86. The standard InChI is InChI=1S/C28H23ClN4O7S/c29-18-7-9-21-20(14-18)28(40-27(37)31-21)10-11-33(15-28)26(36)22(12-16-4-2-1-3-5-16)30-24(34)17-6-8-19-23(13-17)41(38,39)32-25(19)35/h1-9,13-14,22H,10-12,15H2,(H,30,34)(H,31,37)(H,32,35). The van der Waals surface area contributed by atoms with Gasteiger partial charge in [0.2, 0.25) is 5.91 Å². The number of hydrogen-bond acceptors (Lipinski definition) is 7. The van der Waals surface area contributed by atoms with Crippen LogP contribution in [0.4, 0.5) is 10.5 Å². The lowest BCUT2D eigenvalue weighted by molar-refractivity contribution is -0.133. The molecule has 1 spiro atoms. The first-order valence-corrected chi connectivity index (χ1v) is 14.6. The summed E-state index contributed by atoms with van der Waals surface area (Å²) in [5.41, 5.74) is 0.811. The second-order valence-electron chi connectivity index (χ2n) is 10.1. The Hall–Kier alpha value is -4.42. The molecule has 0 aromatic heterocycles. The lowest BCUT2D eigenvalue weighted by atomic mass is 9.90. The number of anilines is 1. The van der Waals surface area contributed by atoms with E-state index in [2.05, 4.69) is 10.6 Å². The molecule has 3 aromatic carbocycles. The van der Waals surface area contributed by atoms with E-state index in [0.717, 1.165) is 11.6 Å². The maximum Gasteiger partial charge on any atom is 0.412 e. The SMILES string of the molecule is O=C1Nc2ccc(Cl)cc2C2(CCN(C(=O)C(Cc3ccccc3)NC(=O)c3ccc4c(c3)S(=O)(=O)NC4=O)C2)O1. The van der Waals surface area contributed by atoms with Gasteiger partial charge in [-0.25, -0.2) is 17.9 Å². The van der Waals surface area contributed by atoms with Crippen molar-refractivity contribution in [3.05, 3.63) is 94.0 Å². The van der Waals surface area contributed by atoms with Crippen molar-refractivity contribution in [3.8, 4) is 0 Å². The minimum atomic E-state index is -4.08. The van der Waals surface area contributed by atoms with Crippen molar-refractivity contribution < 1.29 is 32.3 Å². The molecule has 11 nitrogen and oxygen atoms in total. The van der Waals surface area contributed by atoms with Crippen LogP contribution in [0.25, 0.3) is 0 Å². The topological polar surface area (TPSA) is 151 Å². The molecule has 3 heterocycles. The summed E-state index contributed by atoms with van der Waals surface area (Å²) in [4.78, 5) is 52.8. The molecule has 41 heavy (non-hydrogen) atoms. The molecule has 2 atom stereocenters. The molecule has 3 aliphatic heterocycles. The van der Waals surface area contributed by atoms with Crippen LogP contribution < -0.4 is 15.4 Å². The Morgan fingerprint density at radius 1 is 1.07 bits per heavy atom. The van der Waals surface area contributed by atoms with Crippen molar-refractivity contribution >= 4 is 51.1 Å². The van der Waals surface area contributed by atoms with E-state index in [4.69, 9.17) is 16.3 Å². The van der Waals surface area contributed by atoms with Crippen LogP contribution in [-0.4, -0.2) is 56.3 Å². The molecular weight excluding hydrogens is 572 g/mol. The average molecular weight is 595 g/mol. The molecule has 2 unspecified atom stereocenters. The first kappa shape index (κ1) is 26.8. The molecule has 210 valence electrons. The zero-order valence-electron chi connectivity index (χ0n) is 21.3. The van der Waals surface area contributed by atoms with Gasteiger partial charge in [-0.15, -0.1) is 0 Å². The lowest BCUT2D eigenvalue weighted by Crippen LogP contribution is -2.50. The van der Waals surface area contributed by atoms with E-state index in [0.29, 0.717) is 22.7 Å². The fraction of sp³-hybridized carbons (Fsp3) is 0.214. The maximum absolute atomic E-state index is 13.9. The number of likely N-dealkylation sites (tertiary alicyclic amines) is 1. The molecular formula is C28H23ClN4O7S. The number of benzene rings is 3. The quantitative estimate of drug-likeness (QED) is 0.411. The van der Waals surface area contributed by atoms with Gasteiger partial charge in [0.15, 0.2) is 5.60 Å². The number of nitrogens with zero attached hydrogens (tertiary/aromatic N) is 1.